The molecular weight excluding hydrogens is 280 g/mol. The fourth-order valence-corrected chi connectivity index (χ4v) is 2.27. The molecule has 0 radical (unpaired) electrons. The van der Waals surface area contributed by atoms with Crippen LogP contribution in [0, 0.1) is 0 Å². The molecule has 1 amide bonds. The number of ether oxygens (including phenoxy) is 2. The number of carbonyl (C=O) groups is 1. The van der Waals surface area contributed by atoms with Crippen LogP contribution >= 0.6 is 0 Å². The first-order valence-corrected chi connectivity index (χ1v) is 7.40. The lowest BCUT2D eigenvalue weighted by Crippen LogP contribution is -2.12. The van der Waals surface area contributed by atoms with E-state index in [4.69, 9.17) is 9.47 Å². The number of pyridine rings is 1. The molecule has 1 aromatic heterocycles. The zero-order chi connectivity index (χ0) is 15.2. The van der Waals surface area contributed by atoms with Crippen molar-refractivity contribution in [2.45, 2.75) is 19.3 Å². The molecular formula is C17H18N2O3. The number of carbonyl (C=O) groups excluding carboxylic acids is 1. The van der Waals surface area contributed by atoms with E-state index in [-0.39, 0.29) is 5.91 Å². The van der Waals surface area contributed by atoms with Crippen LogP contribution in [0.3, 0.4) is 0 Å². The summed E-state index contributed by atoms with van der Waals surface area (Å²) in [6.45, 7) is 1.29. The Balaban J connectivity index is 1.58. The maximum Gasteiger partial charge on any atom is 0.224 e. The van der Waals surface area contributed by atoms with Gasteiger partial charge in [-0.1, -0.05) is 6.07 Å². The van der Waals surface area contributed by atoms with E-state index in [1.807, 2.05) is 30.3 Å². The average molecular weight is 298 g/mol. The lowest BCUT2D eigenvalue weighted by atomic mass is 10.1. The second kappa shape index (κ2) is 6.93. The number of aryl methyl sites for hydroxylation is 1. The van der Waals surface area contributed by atoms with Gasteiger partial charge in [0, 0.05) is 37.0 Å². The number of anilines is 1. The van der Waals surface area contributed by atoms with Crippen molar-refractivity contribution in [3.05, 3.63) is 48.3 Å². The van der Waals surface area contributed by atoms with Gasteiger partial charge in [-0.25, -0.2) is 0 Å². The van der Waals surface area contributed by atoms with E-state index in [0.717, 1.165) is 23.4 Å². The molecule has 0 unspecified atom stereocenters. The predicted molar refractivity (Wildman–Crippen MR) is 83.2 cm³/mol. The third-order valence-corrected chi connectivity index (χ3v) is 3.39. The minimum atomic E-state index is -0.0293. The van der Waals surface area contributed by atoms with Crippen molar-refractivity contribution in [2.24, 2.45) is 0 Å². The second-order valence-corrected chi connectivity index (χ2v) is 5.12. The van der Waals surface area contributed by atoms with Crippen LogP contribution in [0.15, 0.2) is 42.7 Å². The molecule has 0 fully saturated rings. The summed E-state index contributed by atoms with van der Waals surface area (Å²) >= 11 is 0. The highest BCUT2D eigenvalue weighted by molar-refractivity contribution is 5.91. The largest absolute Gasteiger partial charge is 0.490 e. The van der Waals surface area contributed by atoms with E-state index in [0.29, 0.717) is 31.8 Å². The Labute approximate surface area is 129 Å². The lowest BCUT2D eigenvalue weighted by molar-refractivity contribution is -0.116. The first-order valence-electron chi connectivity index (χ1n) is 7.40. The van der Waals surface area contributed by atoms with Crippen LogP contribution in [0.5, 0.6) is 11.5 Å². The molecule has 2 heterocycles. The molecule has 0 bridgehead atoms. The van der Waals surface area contributed by atoms with Crippen LogP contribution in [0.25, 0.3) is 0 Å². The van der Waals surface area contributed by atoms with Gasteiger partial charge in [-0.2, -0.15) is 0 Å². The number of benzene rings is 1. The van der Waals surface area contributed by atoms with Crippen molar-refractivity contribution in [3.63, 3.8) is 0 Å². The Hall–Kier alpha value is -2.56. The molecule has 22 heavy (non-hydrogen) atoms. The molecule has 5 heteroatoms. The van der Waals surface area contributed by atoms with Gasteiger partial charge in [0.1, 0.15) is 0 Å². The first kappa shape index (κ1) is 14.4. The summed E-state index contributed by atoms with van der Waals surface area (Å²) < 4.78 is 11.2. The van der Waals surface area contributed by atoms with Gasteiger partial charge in [-0.3, -0.25) is 9.78 Å². The van der Waals surface area contributed by atoms with Crippen molar-refractivity contribution in [1.82, 2.24) is 4.98 Å². The fourth-order valence-electron chi connectivity index (χ4n) is 2.27. The average Bonchev–Trinajstić information content (AvgIpc) is 2.79. The van der Waals surface area contributed by atoms with Crippen molar-refractivity contribution < 1.29 is 14.3 Å². The van der Waals surface area contributed by atoms with E-state index >= 15 is 0 Å². The fraction of sp³-hybridized carbons (Fsp3) is 0.294. The van der Waals surface area contributed by atoms with Gasteiger partial charge in [-0.05, 0) is 30.2 Å². The van der Waals surface area contributed by atoms with E-state index in [9.17, 15) is 4.79 Å². The van der Waals surface area contributed by atoms with E-state index in [1.165, 1.54) is 0 Å². The summed E-state index contributed by atoms with van der Waals surface area (Å²) in [7, 11) is 0. The molecule has 2 aromatic rings. The van der Waals surface area contributed by atoms with Crippen molar-refractivity contribution in [1.29, 1.82) is 0 Å². The molecule has 1 aromatic carbocycles. The van der Waals surface area contributed by atoms with Crippen LogP contribution in [0.4, 0.5) is 5.69 Å². The summed E-state index contributed by atoms with van der Waals surface area (Å²) in [6, 6.07) is 9.31. The third kappa shape index (κ3) is 3.75. The number of nitrogens with one attached hydrogen (secondary N) is 1. The van der Waals surface area contributed by atoms with Gasteiger partial charge in [0.05, 0.1) is 13.2 Å². The van der Waals surface area contributed by atoms with E-state index in [2.05, 4.69) is 10.3 Å². The van der Waals surface area contributed by atoms with Gasteiger partial charge < -0.3 is 14.8 Å². The van der Waals surface area contributed by atoms with Crippen LogP contribution < -0.4 is 14.8 Å². The number of amides is 1. The smallest absolute Gasteiger partial charge is 0.224 e. The Morgan fingerprint density at radius 3 is 2.86 bits per heavy atom. The minimum Gasteiger partial charge on any atom is -0.490 e. The number of aromatic nitrogens is 1. The van der Waals surface area contributed by atoms with Gasteiger partial charge in [-0.15, -0.1) is 0 Å². The highest BCUT2D eigenvalue weighted by atomic mass is 16.5. The monoisotopic (exact) mass is 298 g/mol. The molecule has 0 saturated heterocycles. The molecule has 0 spiro atoms. The van der Waals surface area contributed by atoms with Gasteiger partial charge in [0.25, 0.3) is 0 Å². The molecule has 0 saturated carbocycles. The van der Waals surface area contributed by atoms with E-state index < -0.39 is 0 Å². The van der Waals surface area contributed by atoms with Crippen LogP contribution in [0.2, 0.25) is 0 Å². The Kier molecular flexibility index (Phi) is 4.53. The van der Waals surface area contributed by atoms with E-state index in [1.54, 1.807) is 12.4 Å². The molecule has 1 aliphatic rings. The summed E-state index contributed by atoms with van der Waals surface area (Å²) in [6.07, 6.45) is 5.45. The highest BCUT2D eigenvalue weighted by Gasteiger charge is 2.11. The Bertz CT molecular complexity index is 644. The number of fused-ring (bicyclic) bond motifs is 1. The summed E-state index contributed by atoms with van der Waals surface area (Å²) in [5.74, 6) is 1.38. The molecule has 5 nitrogen and oxygen atoms in total. The zero-order valence-corrected chi connectivity index (χ0v) is 12.2. The third-order valence-electron chi connectivity index (χ3n) is 3.39. The number of hydrogen-bond acceptors (Lipinski definition) is 4. The molecule has 3 rings (SSSR count). The lowest BCUT2D eigenvalue weighted by Gasteiger charge is -2.10. The Morgan fingerprint density at radius 2 is 2.05 bits per heavy atom. The van der Waals surface area contributed by atoms with Gasteiger partial charge in [0.15, 0.2) is 11.5 Å². The van der Waals surface area contributed by atoms with Crippen LogP contribution in [-0.2, 0) is 11.2 Å². The van der Waals surface area contributed by atoms with Crippen molar-refractivity contribution >= 4 is 11.6 Å². The standard InChI is InChI=1S/C17H18N2O3/c20-17(7-4-13-3-1-8-18-12-13)19-14-5-6-15-16(11-14)22-10-2-9-21-15/h1,3,5-6,8,11-12H,2,4,7,9-10H2,(H,19,20). The normalized spacial score (nSPS) is 13.3. The van der Waals surface area contributed by atoms with Crippen LogP contribution in [0.1, 0.15) is 18.4 Å². The quantitative estimate of drug-likeness (QED) is 0.943. The van der Waals surface area contributed by atoms with Gasteiger partial charge in [0.2, 0.25) is 5.91 Å². The maximum absolute atomic E-state index is 12.0. The zero-order valence-electron chi connectivity index (χ0n) is 12.2. The van der Waals surface area contributed by atoms with Gasteiger partial charge >= 0.3 is 0 Å². The second-order valence-electron chi connectivity index (χ2n) is 5.12. The minimum absolute atomic E-state index is 0.0293. The number of rotatable bonds is 4. The summed E-state index contributed by atoms with van der Waals surface area (Å²) in [5, 5.41) is 2.89. The molecule has 0 aliphatic carbocycles. The Morgan fingerprint density at radius 1 is 1.18 bits per heavy atom. The number of nitrogens with zero attached hydrogens (tertiary/aromatic N) is 1. The predicted octanol–water partition coefficient (Wildman–Crippen LogP) is 2.81. The van der Waals surface area contributed by atoms with Crippen molar-refractivity contribution in [3.8, 4) is 11.5 Å². The van der Waals surface area contributed by atoms with Crippen LogP contribution in [-0.4, -0.2) is 24.1 Å². The number of hydrogen-bond donors (Lipinski definition) is 1. The van der Waals surface area contributed by atoms with Crippen molar-refractivity contribution in [2.75, 3.05) is 18.5 Å². The first-order chi connectivity index (χ1) is 10.8. The molecule has 1 aliphatic heterocycles. The molecule has 1 N–H and O–H groups in total. The molecule has 114 valence electrons. The summed E-state index contributed by atoms with van der Waals surface area (Å²) in [5.41, 5.74) is 1.77. The highest BCUT2D eigenvalue weighted by Crippen LogP contribution is 2.32. The topological polar surface area (TPSA) is 60.5 Å². The molecule has 0 atom stereocenters. The SMILES string of the molecule is O=C(CCc1cccnc1)Nc1ccc2c(c1)OCCCO2. The maximum atomic E-state index is 12.0. The summed E-state index contributed by atoms with van der Waals surface area (Å²) in [4.78, 5) is 16.1.